The number of hydrogen-bond acceptors (Lipinski definition) is 2. The highest BCUT2D eigenvalue weighted by Crippen LogP contribution is 2.27. The van der Waals surface area contributed by atoms with Crippen molar-refractivity contribution >= 4 is 22.4 Å². The summed E-state index contributed by atoms with van der Waals surface area (Å²) in [5.41, 5.74) is 1.35. The van der Waals surface area contributed by atoms with Crippen molar-refractivity contribution in [3.05, 3.63) is 42.0 Å². The van der Waals surface area contributed by atoms with Crippen LogP contribution >= 0.6 is 0 Å². The largest absolute Gasteiger partial charge is 0.478 e. The summed E-state index contributed by atoms with van der Waals surface area (Å²) >= 11 is 0. The number of anilines is 1. The molecule has 1 unspecified atom stereocenters. The molecule has 1 atom stereocenters. The van der Waals surface area contributed by atoms with E-state index in [9.17, 15) is 9.90 Å². The number of aromatic carboxylic acids is 1. The third kappa shape index (κ3) is 2.87. The lowest BCUT2D eigenvalue weighted by molar-refractivity contribution is 0.0699. The van der Waals surface area contributed by atoms with E-state index in [1.165, 1.54) is 0 Å². The molecule has 0 heterocycles. The standard InChI is InChI=1S/C16H19NO2/c1-3-6-11(2)17-15-10-9-14(16(18)19)12-7-4-5-8-13(12)15/h4-5,7-11,17H,3,6H2,1-2H3,(H,18,19). The van der Waals surface area contributed by atoms with Crippen molar-refractivity contribution in [2.24, 2.45) is 0 Å². The summed E-state index contributed by atoms with van der Waals surface area (Å²) in [6.07, 6.45) is 2.22. The summed E-state index contributed by atoms with van der Waals surface area (Å²) in [7, 11) is 0. The van der Waals surface area contributed by atoms with Gasteiger partial charge in [-0.05, 0) is 30.9 Å². The van der Waals surface area contributed by atoms with E-state index in [1.807, 2.05) is 30.3 Å². The van der Waals surface area contributed by atoms with Gasteiger partial charge in [0.05, 0.1) is 5.56 Å². The molecule has 0 saturated carbocycles. The molecule has 0 fully saturated rings. The summed E-state index contributed by atoms with van der Waals surface area (Å²) in [5, 5.41) is 14.4. The van der Waals surface area contributed by atoms with Gasteiger partial charge in [-0.2, -0.15) is 0 Å². The van der Waals surface area contributed by atoms with E-state index in [4.69, 9.17) is 0 Å². The molecule has 19 heavy (non-hydrogen) atoms. The average Bonchev–Trinajstić information content (AvgIpc) is 2.39. The van der Waals surface area contributed by atoms with Gasteiger partial charge in [-0.15, -0.1) is 0 Å². The second kappa shape index (κ2) is 5.74. The zero-order valence-electron chi connectivity index (χ0n) is 11.3. The van der Waals surface area contributed by atoms with Crippen LogP contribution in [0.15, 0.2) is 36.4 Å². The SMILES string of the molecule is CCCC(C)Nc1ccc(C(=O)O)c2ccccc12. The Kier molecular flexibility index (Phi) is 4.05. The fourth-order valence-electron chi connectivity index (χ4n) is 2.38. The van der Waals surface area contributed by atoms with E-state index in [-0.39, 0.29) is 0 Å². The second-order valence-corrected chi connectivity index (χ2v) is 4.85. The molecule has 0 bridgehead atoms. The molecule has 0 aliphatic heterocycles. The molecule has 0 aliphatic rings. The number of carboxylic acids is 1. The molecule has 0 aliphatic carbocycles. The smallest absolute Gasteiger partial charge is 0.336 e. The highest BCUT2D eigenvalue weighted by atomic mass is 16.4. The van der Waals surface area contributed by atoms with Gasteiger partial charge in [-0.25, -0.2) is 4.79 Å². The predicted octanol–water partition coefficient (Wildman–Crippen LogP) is 4.14. The van der Waals surface area contributed by atoms with E-state index >= 15 is 0 Å². The normalized spacial score (nSPS) is 12.3. The lowest BCUT2D eigenvalue weighted by Crippen LogP contribution is -2.15. The maximum atomic E-state index is 11.2. The minimum atomic E-state index is -0.885. The first-order chi connectivity index (χ1) is 9.13. The van der Waals surface area contributed by atoms with Gasteiger partial charge in [0.1, 0.15) is 0 Å². The highest BCUT2D eigenvalue weighted by Gasteiger charge is 2.11. The van der Waals surface area contributed by atoms with Crippen LogP contribution in [0.2, 0.25) is 0 Å². The molecular formula is C16H19NO2. The van der Waals surface area contributed by atoms with Gasteiger partial charge >= 0.3 is 5.97 Å². The van der Waals surface area contributed by atoms with Crippen molar-refractivity contribution in [2.45, 2.75) is 32.7 Å². The minimum absolute atomic E-state index is 0.351. The number of benzene rings is 2. The van der Waals surface area contributed by atoms with Crippen molar-refractivity contribution in [2.75, 3.05) is 5.32 Å². The Hall–Kier alpha value is -2.03. The van der Waals surface area contributed by atoms with Crippen molar-refractivity contribution in [1.82, 2.24) is 0 Å². The van der Waals surface area contributed by atoms with Crippen LogP contribution in [0.25, 0.3) is 10.8 Å². The molecule has 2 aromatic carbocycles. The van der Waals surface area contributed by atoms with Crippen molar-refractivity contribution in [3.63, 3.8) is 0 Å². The first-order valence-electron chi connectivity index (χ1n) is 6.65. The molecule has 100 valence electrons. The summed E-state index contributed by atoms with van der Waals surface area (Å²) in [5.74, 6) is -0.885. The van der Waals surface area contributed by atoms with Crippen molar-refractivity contribution in [1.29, 1.82) is 0 Å². The summed E-state index contributed by atoms with van der Waals surface area (Å²) in [4.78, 5) is 11.2. The zero-order chi connectivity index (χ0) is 13.8. The Morgan fingerprint density at radius 3 is 2.53 bits per heavy atom. The molecule has 2 aromatic rings. The van der Waals surface area contributed by atoms with E-state index in [0.717, 1.165) is 29.3 Å². The van der Waals surface area contributed by atoms with Gasteiger partial charge in [0.2, 0.25) is 0 Å². The molecular weight excluding hydrogens is 238 g/mol. The highest BCUT2D eigenvalue weighted by molar-refractivity contribution is 6.07. The molecule has 3 heteroatoms. The average molecular weight is 257 g/mol. The minimum Gasteiger partial charge on any atom is -0.478 e. The molecule has 0 spiro atoms. The van der Waals surface area contributed by atoms with Gasteiger partial charge < -0.3 is 10.4 Å². The lowest BCUT2D eigenvalue weighted by Gasteiger charge is -2.17. The molecule has 0 saturated heterocycles. The third-order valence-electron chi connectivity index (χ3n) is 3.28. The van der Waals surface area contributed by atoms with Gasteiger partial charge in [0.25, 0.3) is 0 Å². The van der Waals surface area contributed by atoms with Gasteiger partial charge in [-0.1, -0.05) is 37.6 Å². The molecule has 2 N–H and O–H groups in total. The number of rotatable bonds is 5. The maximum absolute atomic E-state index is 11.2. The lowest BCUT2D eigenvalue weighted by atomic mass is 10.0. The van der Waals surface area contributed by atoms with Crippen LogP contribution in [0.1, 0.15) is 37.0 Å². The molecule has 2 rings (SSSR count). The van der Waals surface area contributed by atoms with Gasteiger partial charge in [0.15, 0.2) is 0 Å². The summed E-state index contributed by atoms with van der Waals surface area (Å²) in [6, 6.07) is 11.5. The van der Waals surface area contributed by atoms with E-state index in [1.54, 1.807) is 6.07 Å². The van der Waals surface area contributed by atoms with Crippen LogP contribution in [0.5, 0.6) is 0 Å². The predicted molar refractivity (Wildman–Crippen MR) is 78.9 cm³/mol. The number of nitrogens with one attached hydrogen (secondary N) is 1. The fourth-order valence-corrected chi connectivity index (χ4v) is 2.38. The molecule has 0 amide bonds. The Labute approximate surface area is 113 Å². The van der Waals surface area contributed by atoms with E-state index in [0.29, 0.717) is 11.6 Å². The van der Waals surface area contributed by atoms with Crippen LogP contribution in [-0.2, 0) is 0 Å². The van der Waals surface area contributed by atoms with Crippen LogP contribution in [0, 0.1) is 0 Å². The summed E-state index contributed by atoms with van der Waals surface area (Å²) in [6.45, 7) is 4.30. The quantitative estimate of drug-likeness (QED) is 0.846. The monoisotopic (exact) mass is 257 g/mol. The van der Waals surface area contributed by atoms with Gasteiger partial charge in [0, 0.05) is 17.1 Å². The van der Waals surface area contributed by atoms with Crippen molar-refractivity contribution < 1.29 is 9.90 Å². The van der Waals surface area contributed by atoms with Crippen LogP contribution < -0.4 is 5.32 Å². The van der Waals surface area contributed by atoms with Gasteiger partial charge in [-0.3, -0.25) is 0 Å². The number of carbonyl (C=O) groups is 1. The van der Waals surface area contributed by atoms with Crippen LogP contribution in [-0.4, -0.2) is 17.1 Å². The van der Waals surface area contributed by atoms with E-state index in [2.05, 4.69) is 19.2 Å². The van der Waals surface area contributed by atoms with E-state index < -0.39 is 5.97 Å². The first-order valence-corrected chi connectivity index (χ1v) is 6.65. The third-order valence-corrected chi connectivity index (χ3v) is 3.28. The molecule has 0 aromatic heterocycles. The van der Waals surface area contributed by atoms with Crippen LogP contribution in [0.4, 0.5) is 5.69 Å². The maximum Gasteiger partial charge on any atom is 0.336 e. The Balaban J connectivity index is 2.46. The first kappa shape index (κ1) is 13.4. The zero-order valence-corrected chi connectivity index (χ0v) is 11.3. The number of hydrogen-bond donors (Lipinski definition) is 2. The molecule has 3 nitrogen and oxygen atoms in total. The summed E-state index contributed by atoms with van der Waals surface area (Å²) < 4.78 is 0. The number of fused-ring (bicyclic) bond motifs is 1. The Bertz CT molecular complexity index is 592. The van der Waals surface area contributed by atoms with Crippen LogP contribution in [0.3, 0.4) is 0 Å². The van der Waals surface area contributed by atoms with Crippen molar-refractivity contribution in [3.8, 4) is 0 Å². The fraction of sp³-hybridized carbons (Fsp3) is 0.312. The Morgan fingerprint density at radius 2 is 1.89 bits per heavy atom. The second-order valence-electron chi connectivity index (χ2n) is 4.85. The topological polar surface area (TPSA) is 49.3 Å². The Morgan fingerprint density at radius 1 is 1.21 bits per heavy atom. The number of carboxylic acid groups (broad SMARTS) is 1. The molecule has 0 radical (unpaired) electrons.